The van der Waals surface area contributed by atoms with Crippen molar-refractivity contribution in [3.05, 3.63) is 360 Å². The molecule has 0 aliphatic carbocycles. The summed E-state index contributed by atoms with van der Waals surface area (Å²) in [6.07, 6.45) is 13.6. The number of hydrogen-bond donors (Lipinski definition) is 1. The fraction of sp³-hybridized carbons (Fsp3) is 0.324. The van der Waals surface area contributed by atoms with E-state index in [0.29, 0.717) is 64.2 Å². The zero-order valence-corrected chi connectivity index (χ0v) is 79.4. The van der Waals surface area contributed by atoms with Gasteiger partial charge in [-0.1, -0.05) is 90.5 Å². The van der Waals surface area contributed by atoms with Gasteiger partial charge in [-0.05, 0) is 367 Å². The SMILES string of the molecule is C=CC#N.Cc1ccc2c(c1)C(c1ccc(F)cc1)=C(CN1CCCC1)CO2.Cc1ccc2c(c1)C(c1ccc(F)cc1)=C(CN1CCCC1)CO2.Cl.Cl.Cl.O=COCCOc1ccc2c(c1)C(c1ccc(F)cc1)=C(CN1CCCC1)CO2.Oc1ccc2c(c1)C(c1ccc(F)cc1)=C(CN1CCCC1)CO2.[C-]#[N+]CCOc1ccc2c(c1)C(c1ccc(F)cc1)=C(CN1CCCC1)CO2. The van der Waals surface area contributed by atoms with Gasteiger partial charge in [0.2, 0.25) is 6.54 Å². The fourth-order valence-electron chi connectivity index (χ4n) is 18.8. The Hall–Kier alpha value is -12.2. The van der Waals surface area contributed by atoms with Crippen LogP contribution in [0.5, 0.6) is 46.0 Å². The summed E-state index contributed by atoms with van der Waals surface area (Å²) >= 11 is 0. The first-order chi connectivity index (χ1) is 65.0. The van der Waals surface area contributed by atoms with E-state index in [-0.39, 0.29) is 85.3 Å². The van der Waals surface area contributed by atoms with Gasteiger partial charge in [0.1, 0.15) is 121 Å². The highest BCUT2D eigenvalue weighted by Crippen LogP contribution is 2.46. The maximum absolute atomic E-state index is 13.5. The first-order valence-corrected chi connectivity index (χ1v) is 46.2. The highest BCUT2D eigenvalue weighted by atomic mass is 35.5. The molecule has 10 aliphatic rings. The van der Waals surface area contributed by atoms with Crippen LogP contribution in [0.15, 0.2) is 253 Å². The molecule has 0 saturated carbocycles. The Bertz CT molecular complexity index is 5630. The molecule has 0 unspecified atom stereocenters. The second-order valence-corrected chi connectivity index (χ2v) is 34.7. The molecule has 0 atom stereocenters. The maximum atomic E-state index is 13.5. The van der Waals surface area contributed by atoms with Crippen molar-refractivity contribution in [2.75, 3.05) is 158 Å². The summed E-state index contributed by atoms with van der Waals surface area (Å²) in [6, 6.07) is 64.4. The molecule has 0 spiro atoms. The first-order valence-electron chi connectivity index (χ1n) is 46.2. The lowest BCUT2D eigenvalue weighted by Crippen LogP contribution is -2.26. The van der Waals surface area contributed by atoms with Crippen LogP contribution in [0, 0.1) is 60.8 Å². The number of likely N-dealkylation sites (tertiary alicyclic amines) is 5. The van der Waals surface area contributed by atoms with Crippen LogP contribution in [0.1, 0.15) is 131 Å². The molecule has 1 N–H and O–H groups in total. The number of carbonyl (C=O) groups is 1. The summed E-state index contributed by atoms with van der Waals surface area (Å²) in [7, 11) is 0. The Morgan fingerprint density at radius 1 is 0.368 bits per heavy atom. The van der Waals surface area contributed by atoms with Crippen LogP contribution in [0.25, 0.3) is 32.7 Å². The van der Waals surface area contributed by atoms with Crippen molar-refractivity contribution in [3.8, 4) is 52.1 Å². The van der Waals surface area contributed by atoms with Crippen LogP contribution in [0.4, 0.5) is 22.0 Å². The third-order valence-electron chi connectivity index (χ3n) is 25.1. The fourth-order valence-corrected chi connectivity index (χ4v) is 18.8. The third kappa shape index (κ3) is 27.4. The highest BCUT2D eigenvalue weighted by Gasteiger charge is 2.32. The molecule has 10 heterocycles. The number of nitrogens with zero attached hydrogens (tertiary/aromatic N) is 7. The van der Waals surface area contributed by atoms with Crippen LogP contribution in [-0.4, -0.2) is 194 Å². The molecule has 0 radical (unpaired) electrons. The number of phenols is 1. The second-order valence-electron chi connectivity index (χ2n) is 34.7. The number of carbonyl (C=O) groups excluding carboxylic acids is 1. The molecule has 136 heavy (non-hydrogen) atoms. The largest absolute Gasteiger partial charge is 0.508 e. The molecular formula is C111H117Cl3F5N7O10. The van der Waals surface area contributed by atoms with Gasteiger partial charge in [0.15, 0.2) is 6.61 Å². The highest BCUT2D eigenvalue weighted by molar-refractivity contribution is 5.91. The summed E-state index contributed by atoms with van der Waals surface area (Å²) < 4.78 is 113. The lowest BCUT2D eigenvalue weighted by atomic mass is 9.90. The summed E-state index contributed by atoms with van der Waals surface area (Å²) in [5.41, 5.74) is 24.3. The maximum Gasteiger partial charge on any atom is 0.293 e. The van der Waals surface area contributed by atoms with Crippen molar-refractivity contribution in [3.63, 3.8) is 0 Å². The lowest BCUT2D eigenvalue weighted by Gasteiger charge is -2.27. The molecule has 10 aromatic carbocycles. The summed E-state index contributed by atoms with van der Waals surface area (Å²) in [4.78, 5) is 25.9. The van der Waals surface area contributed by atoms with E-state index in [2.05, 4.69) is 78.8 Å². The number of aryl methyl sites for hydroxylation is 2. The number of ether oxygens (including phenoxy) is 8. The molecular weight excluding hydrogens is 1790 g/mol. The van der Waals surface area contributed by atoms with Gasteiger partial charge in [-0.25, -0.2) is 28.5 Å². The first kappa shape index (κ1) is 103. The van der Waals surface area contributed by atoms with Gasteiger partial charge in [0.25, 0.3) is 6.47 Å². The number of aromatic hydroxyl groups is 1. The molecule has 5 saturated heterocycles. The van der Waals surface area contributed by atoms with Crippen LogP contribution in [0.3, 0.4) is 0 Å². The van der Waals surface area contributed by atoms with E-state index in [1.807, 2.05) is 97.1 Å². The van der Waals surface area contributed by atoms with E-state index in [9.17, 15) is 31.9 Å². The van der Waals surface area contributed by atoms with Crippen molar-refractivity contribution in [1.29, 1.82) is 5.26 Å². The van der Waals surface area contributed by atoms with Gasteiger partial charge in [-0.3, -0.25) is 29.3 Å². The topological polar surface area (TPSA) is 155 Å². The molecule has 10 aliphatic heterocycles. The van der Waals surface area contributed by atoms with E-state index < -0.39 is 0 Å². The van der Waals surface area contributed by atoms with E-state index in [0.717, 1.165) is 199 Å². The van der Waals surface area contributed by atoms with Crippen LogP contribution >= 0.6 is 37.2 Å². The molecule has 0 amide bonds. The molecule has 0 bridgehead atoms. The number of halogens is 8. The number of phenolic OH excluding ortho intramolecular Hbond substituents is 1. The normalized spacial score (nSPS) is 16.4. The standard InChI is InChI=1S/C23H23FN2O2.C23H24FNO4.2C21H22FNO.C20H20FNO2.C3H3N.3ClH/c1-25-10-13-27-20-8-9-22-21(14-20)23(17-4-6-19(24)7-5-17)18(16-28-22)15-26-11-2-3-12-26;24-19-5-3-17(4-6-19)23-18(14-25-9-1-2-10-25)15-29-22-8-7-20(13-21(22)23)28-12-11-27-16-26;2*1-15-4-9-20-19(12-15)21(16-5-7-18(22)8-6-16)17(14-24-20)13-23-10-2-3-11-23;21-16-5-3-14(4-6-16)20-15(12-22-9-1-2-10-22)13-24-19-8-7-17(23)11-18(19)20;1-2-3-4;;;/h4-9,14H,2-3,10-13,15-16H2;3-8,13,16H,1-2,9-12,14-15H2;2*4-9,12H,2-3,10-11,13-14H2,1H3;3-8,11,23H,1-2,9-10,12-13H2;2H,1H2;3*1H. The van der Waals surface area contributed by atoms with Gasteiger partial charge in [0.05, 0.1) is 6.07 Å². The van der Waals surface area contributed by atoms with Crippen molar-refractivity contribution in [2.24, 2.45) is 0 Å². The number of fused-ring (bicyclic) bond motifs is 5. The number of benzene rings is 10. The Balaban J connectivity index is 0.000000151. The predicted octanol–water partition coefficient (Wildman–Crippen LogP) is 22.7. The molecule has 712 valence electrons. The minimum atomic E-state index is -0.255. The van der Waals surface area contributed by atoms with Gasteiger partial charge in [0, 0.05) is 66.6 Å². The van der Waals surface area contributed by atoms with Crippen molar-refractivity contribution in [1.82, 2.24) is 24.5 Å². The average Bonchev–Trinajstić information content (AvgIpc) is 0.826. The summed E-state index contributed by atoms with van der Waals surface area (Å²) in [6.45, 7) is 34.2. The number of rotatable bonds is 23. The minimum absolute atomic E-state index is 0. The van der Waals surface area contributed by atoms with Gasteiger partial charge in [-0.15, -0.1) is 37.2 Å². The molecule has 10 aromatic rings. The Morgan fingerprint density at radius 2 is 0.610 bits per heavy atom. The second kappa shape index (κ2) is 51.1. The third-order valence-corrected chi connectivity index (χ3v) is 25.1. The lowest BCUT2D eigenvalue weighted by molar-refractivity contribution is -0.129. The van der Waals surface area contributed by atoms with Crippen LogP contribution in [-0.2, 0) is 9.53 Å². The molecule has 5 fully saturated rings. The van der Waals surface area contributed by atoms with Crippen molar-refractivity contribution in [2.45, 2.75) is 78.1 Å². The quantitative estimate of drug-likeness (QED) is 0.0212. The molecule has 17 nitrogen and oxygen atoms in total. The smallest absolute Gasteiger partial charge is 0.293 e. The van der Waals surface area contributed by atoms with Crippen LogP contribution in [0.2, 0.25) is 0 Å². The minimum Gasteiger partial charge on any atom is -0.508 e. The van der Waals surface area contributed by atoms with E-state index in [1.165, 1.54) is 157 Å². The van der Waals surface area contributed by atoms with E-state index in [4.69, 9.17) is 45.0 Å². The van der Waals surface area contributed by atoms with Gasteiger partial charge >= 0.3 is 0 Å². The van der Waals surface area contributed by atoms with Gasteiger partial charge < -0.3 is 47.8 Å². The number of nitriles is 1. The summed E-state index contributed by atoms with van der Waals surface area (Å²) in [5, 5.41) is 17.4. The summed E-state index contributed by atoms with van der Waals surface area (Å²) in [5.74, 6) is 4.65. The van der Waals surface area contributed by atoms with Crippen LogP contribution < -0.4 is 33.2 Å². The van der Waals surface area contributed by atoms with Crippen molar-refractivity contribution >= 4 is 71.6 Å². The molecule has 20 rings (SSSR count). The number of allylic oxidation sites excluding steroid dienone is 1. The van der Waals surface area contributed by atoms with Gasteiger partial charge in [-0.2, -0.15) is 5.26 Å². The Morgan fingerprint density at radius 3 is 0.868 bits per heavy atom. The molecule has 0 aromatic heterocycles. The van der Waals surface area contributed by atoms with Crippen molar-refractivity contribution < 1.29 is 69.7 Å². The van der Waals surface area contributed by atoms with E-state index in [1.54, 1.807) is 60.7 Å². The van der Waals surface area contributed by atoms with E-state index >= 15 is 0 Å². The Labute approximate surface area is 813 Å². The zero-order chi connectivity index (χ0) is 92.4. The predicted molar refractivity (Wildman–Crippen MR) is 533 cm³/mol. The molecule has 25 heteroatoms. The Kier molecular flexibility index (Phi) is 38.6. The monoisotopic (exact) mass is 1910 g/mol. The average molecular weight is 1910 g/mol. The zero-order valence-electron chi connectivity index (χ0n) is 77.0. The number of hydrogen-bond acceptors (Lipinski definition) is 16.